The molecule has 0 aromatic carbocycles. The number of amides is 1. The van der Waals surface area contributed by atoms with Crippen LogP contribution >= 0.6 is 12.4 Å². The van der Waals surface area contributed by atoms with Gasteiger partial charge >= 0.3 is 0 Å². The van der Waals surface area contributed by atoms with Crippen molar-refractivity contribution in [1.29, 1.82) is 0 Å². The van der Waals surface area contributed by atoms with Gasteiger partial charge in [0.05, 0.1) is 6.04 Å². The molecule has 2 aliphatic rings. The molecule has 1 saturated heterocycles. The number of carbonyl (C=O) groups is 1. The fourth-order valence-corrected chi connectivity index (χ4v) is 3.60. The van der Waals surface area contributed by atoms with Gasteiger partial charge in [-0.3, -0.25) is 9.78 Å². The second-order valence-electron chi connectivity index (χ2n) is 6.23. The van der Waals surface area contributed by atoms with Crippen LogP contribution in [0.3, 0.4) is 0 Å². The molecule has 4 nitrogen and oxygen atoms in total. The van der Waals surface area contributed by atoms with E-state index in [1.165, 1.54) is 25.7 Å². The van der Waals surface area contributed by atoms with Gasteiger partial charge in [-0.25, -0.2) is 0 Å². The Balaban J connectivity index is 0.00000176. The van der Waals surface area contributed by atoms with E-state index in [-0.39, 0.29) is 24.4 Å². The molecule has 0 spiro atoms. The van der Waals surface area contributed by atoms with Crippen molar-refractivity contribution in [2.45, 2.75) is 44.6 Å². The molecule has 1 aliphatic carbocycles. The highest BCUT2D eigenvalue weighted by molar-refractivity contribution is 5.85. The van der Waals surface area contributed by atoms with Crippen LogP contribution in [0.1, 0.15) is 50.1 Å². The summed E-state index contributed by atoms with van der Waals surface area (Å²) in [5.74, 6) is 0.608. The van der Waals surface area contributed by atoms with E-state index < -0.39 is 0 Å². The van der Waals surface area contributed by atoms with Gasteiger partial charge < -0.3 is 10.2 Å². The summed E-state index contributed by atoms with van der Waals surface area (Å²) in [4.78, 5) is 19.3. The second kappa shape index (κ2) is 8.49. The molecule has 1 aromatic rings. The first-order valence-electron chi connectivity index (χ1n) is 8.27. The first kappa shape index (κ1) is 17.2. The molecule has 1 aromatic heterocycles. The smallest absolute Gasteiger partial charge is 0.226 e. The maximum atomic E-state index is 13.0. The van der Waals surface area contributed by atoms with Crippen LogP contribution in [-0.2, 0) is 4.79 Å². The minimum atomic E-state index is 0. The van der Waals surface area contributed by atoms with E-state index >= 15 is 0 Å². The zero-order valence-electron chi connectivity index (χ0n) is 13.0. The fourth-order valence-electron chi connectivity index (χ4n) is 3.60. The summed E-state index contributed by atoms with van der Waals surface area (Å²) >= 11 is 0. The second-order valence-corrected chi connectivity index (χ2v) is 6.23. The normalized spacial score (nSPS) is 23.5. The van der Waals surface area contributed by atoms with Gasteiger partial charge in [0.2, 0.25) is 5.91 Å². The van der Waals surface area contributed by atoms with Gasteiger partial charge in [0.15, 0.2) is 0 Å². The van der Waals surface area contributed by atoms with E-state index in [1.807, 2.05) is 12.3 Å². The quantitative estimate of drug-likeness (QED) is 0.851. The lowest BCUT2D eigenvalue weighted by Gasteiger charge is -2.38. The van der Waals surface area contributed by atoms with Crippen molar-refractivity contribution in [2.24, 2.45) is 5.92 Å². The van der Waals surface area contributed by atoms with E-state index in [1.54, 1.807) is 6.20 Å². The summed E-state index contributed by atoms with van der Waals surface area (Å²) in [6.07, 6.45) is 10.8. The zero-order valence-corrected chi connectivity index (χ0v) is 13.9. The van der Waals surface area contributed by atoms with Crippen molar-refractivity contribution in [3.05, 3.63) is 30.1 Å². The molecule has 3 rings (SSSR count). The number of halogens is 1. The van der Waals surface area contributed by atoms with Gasteiger partial charge in [-0.05, 0) is 24.5 Å². The third-order valence-electron chi connectivity index (χ3n) is 4.80. The van der Waals surface area contributed by atoms with Crippen LogP contribution in [0.25, 0.3) is 0 Å². The van der Waals surface area contributed by atoms with Gasteiger partial charge in [0.1, 0.15) is 0 Å². The van der Waals surface area contributed by atoms with E-state index in [2.05, 4.69) is 21.3 Å². The lowest BCUT2D eigenvalue weighted by atomic mass is 9.96. The number of pyridine rings is 1. The highest BCUT2D eigenvalue weighted by Gasteiger charge is 2.32. The molecule has 2 fully saturated rings. The Hall–Kier alpha value is -1.13. The van der Waals surface area contributed by atoms with Crippen LogP contribution in [-0.4, -0.2) is 35.4 Å². The van der Waals surface area contributed by atoms with Crippen molar-refractivity contribution >= 4 is 18.3 Å². The van der Waals surface area contributed by atoms with Crippen molar-refractivity contribution in [3.8, 4) is 0 Å². The van der Waals surface area contributed by atoms with E-state index in [0.29, 0.717) is 5.91 Å². The van der Waals surface area contributed by atoms with Crippen molar-refractivity contribution < 1.29 is 4.79 Å². The Morgan fingerprint density at radius 3 is 2.68 bits per heavy atom. The van der Waals surface area contributed by atoms with Crippen LogP contribution in [0.2, 0.25) is 0 Å². The lowest BCUT2D eigenvalue weighted by molar-refractivity contribution is -0.139. The van der Waals surface area contributed by atoms with E-state index in [4.69, 9.17) is 0 Å². The molecular weight excluding hydrogens is 298 g/mol. The molecule has 1 saturated carbocycles. The summed E-state index contributed by atoms with van der Waals surface area (Å²) in [6, 6.07) is 4.18. The van der Waals surface area contributed by atoms with Crippen LogP contribution in [0.5, 0.6) is 0 Å². The predicted octanol–water partition coefficient (Wildman–Crippen LogP) is 2.95. The van der Waals surface area contributed by atoms with Crippen molar-refractivity contribution in [3.63, 3.8) is 0 Å². The topological polar surface area (TPSA) is 45.2 Å². The van der Waals surface area contributed by atoms with Crippen LogP contribution in [0.4, 0.5) is 0 Å². The minimum absolute atomic E-state index is 0. The van der Waals surface area contributed by atoms with Crippen molar-refractivity contribution in [2.75, 3.05) is 19.6 Å². The average molecular weight is 324 g/mol. The Bertz CT molecular complexity index is 460. The molecule has 122 valence electrons. The lowest BCUT2D eigenvalue weighted by Crippen LogP contribution is -2.50. The highest BCUT2D eigenvalue weighted by atomic mass is 35.5. The average Bonchev–Trinajstić information content (AvgIpc) is 2.84. The maximum Gasteiger partial charge on any atom is 0.226 e. The molecule has 1 unspecified atom stereocenters. The number of hydrogen-bond acceptors (Lipinski definition) is 3. The molecule has 2 heterocycles. The predicted molar refractivity (Wildman–Crippen MR) is 90.0 cm³/mol. The molecule has 1 N–H and O–H groups in total. The molecular formula is C17H26ClN3O. The van der Waals surface area contributed by atoms with Gasteiger partial charge in [0.25, 0.3) is 0 Å². The van der Waals surface area contributed by atoms with Crippen molar-refractivity contribution in [1.82, 2.24) is 15.2 Å². The molecule has 0 radical (unpaired) electrons. The Labute approximate surface area is 139 Å². The van der Waals surface area contributed by atoms with Crippen LogP contribution in [0.15, 0.2) is 24.5 Å². The Kier molecular flexibility index (Phi) is 6.65. The first-order valence-corrected chi connectivity index (χ1v) is 8.27. The van der Waals surface area contributed by atoms with Gasteiger partial charge in [-0.15, -0.1) is 12.4 Å². The number of aromatic nitrogens is 1. The summed E-state index contributed by atoms with van der Waals surface area (Å²) in [5, 5.41) is 3.41. The molecule has 1 aliphatic heterocycles. The standard InChI is InChI=1S/C17H25N3O.ClH/c21-17(14-6-3-1-2-4-7-14)20-11-10-19-13-16(20)15-8-5-9-18-12-15;/h5,8-9,12,14,16,19H,1-4,6-7,10-11,13H2;1H. The molecule has 22 heavy (non-hydrogen) atoms. The van der Waals surface area contributed by atoms with E-state index in [0.717, 1.165) is 38.0 Å². The monoisotopic (exact) mass is 323 g/mol. The summed E-state index contributed by atoms with van der Waals surface area (Å²) < 4.78 is 0. The van der Waals surface area contributed by atoms with Gasteiger partial charge in [-0.1, -0.05) is 31.7 Å². The third-order valence-corrected chi connectivity index (χ3v) is 4.80. The summed E-state index contributed by atoms with van der Waals surface area (Å²) in [6.45, 7) is 2.55. The van der Waals surface area contributed by atoms with E-state index in [9.17, 15) is 4.79 Å². The number of nitrogens with one attached hydrogen (secondary N) is 1. The number of carbonyl (C=O) groups excluding carboxylic acids is 1. The number of piperazine rings is 1. The fraction of sp³-hybridized carbons (Fsp3) is 0.647. The van der Waals surface area contributed by atoms with Crippen LogP contribution in [0, 0.1) is 5.92 Å². The minimum Gasteiger partial charge on any atom is -0.333 e. The number of nitrogens with zero attached hydrogens (tertiary/aromatic N) is 2. The van der Waals surface area contributed by atoms with Crippen LogP contribution < -0.4 is 5.32 Å². The molecule has 0 bridgehead atoms. The third kappa shape index (κ3) is 3.99. The Morgan fingerprint density at radius 1 is 1.23 bits per heavy atom. The van der Waals surface area contributed by atoms with Gasteiger partial charge in [-0.2, -0.15) is 0 Å². The zero-order chi connectivity index (χ0) is 14.5. The highest BCUT2D eigenvalue weighted by Crippen LogP contribution is 2.29. The maximum absolute atomic E-state index is 13.0. The number of hydrogen-bond donors (Lipinski definition) is 1. The largest absolute Gasteiger partial charge is 0.333 e. The first-order chi connectivity index (χ1) is 10.4. The Morgan fingerprint density at radius 2 is 2.00 bits per heavy atom. The number of rotatable bonds is 2. The molecule has 1 amide bonds. The summed E-state index contributed by atoms with van der Waals surface area (Å²) in [5.41, 5.74) is 1.15. The molecule has 5 heteroatoms. The molecule has 1 atom stereocenters. The SMILES string of the molecule is Cl.O=C(C1CCCCCC1)N1CCNCC1c1cccnc1. The van der Waals surface area contributed by atoms with Gasteiger partial charge in [0, 0.05) is 37.9 Å². The summed E-state index contributed by atoms with van der Waals surface area (Å²) in [7, 11) is 0.